The van der Waals surface area contributed by atoms with Crippen molar-refractivity contribution in [2.75, 3.05) is 33.9 Å². The lowest BCUT2D eigenvalue weighted by molar-refractivity contribution is -0.152. The van der Waals surface area contributed by atoms with E-state index in [4.69, 9.17) is 42.1 Å². The lowest BCUT2D eigenvalue weighted by Crippen LogP contribution is -2.37. The van der Waals surface area contributed by atoms with Crippen LogP contribution in [-0.4, -0.2) is 56.8 Å². The molecule has 0 radical (unpaired) electrons. The molecule has 3 fully saturated rings. The molecule has 3 atom stereocenters. The number of carbonyl (C=O) groups is 2. The molecule has 0 aromatic heterocycles. The van der Waals surface area contributed by atoms with Gasteiger partial charge in [0.25, 0.3) is 0 Å². The third kappa shape index (κ3) is 9.70. The second kappa shape index (κ2) is 17.8. The van der Waals surface area contributed by atoms with Crippen LogP contribution in [0.2, 0.25) is 10.0 Å². The maximum absolute atomic E-state index is 13.9. The Morgan fingerprint density at radius 3 is 2.26 bits per heavy atom. The van der Waals surface area contributed by atoms with Gasteiger partial charge in [0, 0.05) is 29.6 Å². The summed E-state index contributed by atoms with van der Waals surface area (Å²) in [6.07, 6.45) is 3.09. The van der Waals surface area contributed by atoms with Crippen LogP contribution in [0.1, 0.15) is 76.5 Å². The molecule has 280 valence electrons. The summed E-state index contributed by atoms with van der Waals surface area (Å²) in [5, 5.41) is 4.28. The summed E-state index contributed by atoms with van der Waals surface area (Å²) in [5.41, 5.74) is 3.96. The first-order chi connectivity index (χ1) is 25.6. The highest BCUT2D eigenvalue weighted by Crippen LogP contribution is 2.37. The van der Waals surface area contributed by atoms with Crippen molar-refractivity contribution >= 4 is 35.1 Å². The predicted octanol–water partition coefficient (Wildman–Crippen LogP) is 8.71. The summed E-state index contributed by atoms with van der Waals surface area (Å²) in [6.45, 7) is 5.02. The molecule has 1 N–H and O–H groups in total. The Hall–Kier alpha value is -4.15. The quantitative estimate of drug-likeness (QED) is 0.128. The third-order valence-electron chi connectivity index (χ3n) is 10.2. The molecule has 0 spiro atoms. The number of fused-ring (bicyclic) bond motifs is 4. The molecule has 8 nitrogen and oxygen atoms in total. The third-order valence-corrected chi connectivity index (χ3v) is 10.9. The maximum atomic E-state index is 13.9. The molecule has 3 aliphatic rings. The van der Waals surface area contributed by atoms with Crippen molar-refractivity contribution in [2.24, 2.45) is 5.92 Å². The molecule has 2 bridgehead atoms. The van der Waals surface area contributed by atoms with Crippen LogP contribution in [0.4, 0.5) is 4.39 Å². The van der Waals surface area contributed by atoms with E-state index in [-0.39, 0.29) is 19.1 Å². The van der Waals surface area contributed by atoms with E-state index in [9.17, 15) is 14.0 Å². The molecule has 53 heavy (non-hydrogen) atoms. The van der Waals surface area contributed by atoms with Crippen molar-refractivity contribution in [3.63, 3.8) is 0 Å². The molecule has 11 heteroatoms. The van der Waals surface area contributed by atoms with Gasteiger partial charge >= 0.3 is 11.9 Å². The first-order valence-electron chi connectivity index (χ1n) is 18.0. The Kier molecular flexibility index (Phi) is 12.9. The summed E-state index contributed by atoms with van der Waals surface area (Å²) in [5.74, 6) is 0.197. The smallest absolute Gasteiger partial charge is 0.338 e. The lowest BCUT2D eigenvalue weighted by Gasteiger charge is -2.26. The van der Waals surface area contributed by atoms with Gasteiger partial charge in [0.15, 0.2) is 11.5 Å². The van der Waals surface area contributed by atoms with Crippen LogP contribution in [0.5, 0.6) is 11.5 Å². The lowest BCUT2D eigenvalue weighted by atomic mass is 9.94. The number of hydrogen-bond donors (Lipinski definition) is 1. The molecule has 7 rings (SSSR count). The number of rotatable bonds is 14. The van der Waals surface area contributed by atoms with Crippen LogP contribution in [0.15, 0.2) is 78.9 Å². The van der Waals surface area contributed by atoms with Gasteiger partial charge in [-0.25, -0.2) is 14.0 Å². The van der Waals surface area contributed by atoms with Crippen LogP contribution in [0, 0.1) is 11.7 Å². The number of piperidine rings is 1. The Bertz CT molecular complexity index is 1860. The predicted molar refractivity (Wildman–Crippen MR) is 203 cm³/mol. The Balaban J connectivity index is 1.21. The first-order valence-corrected chi connectivity index (χ1v) is 18.8. The van der Waals surface area contributed by atoms with Gasteiger partial charge in [-0.05, 0) is 121 Å². The first kappa shape index (κ1) is 38.6. The Labute approximate surface area is 320 Å². The summed E-state index contributed by atoms with van der Waals surface area (Å²) >= 11 is 13.4. The number of esters is 2. The monoisotopic (exact) mass is 762 g/mol. The van der Waals surface area contributed by atoms with Gasteiger partial charge < -0.3 is 18.9 Å². The maximum Gasteiger partial charge on any atom is 0.338 e. The molecule has 3 heterocycles. The molecule has 0 amide bonds. The second-order valence-electron chi connectivity index (χ2n) is 13.7. The molecule has 3 aliphatic heterocycles. The number of aryl methyl sites for hydroxylation is 1. The van der Waals surface area contributed by atoms with Crippen molar-refractivity contribution in [2.45, 2.75) is 63.8 Å². The molecule has 3 unspecified atom stereocenters. The fourth-order valence-electron chi connectivity index (χ4n) is 7.20. The summed E-state index contributed by atoms with van der Waals surface area (Å²) in [6, 6.07) is 21.1. The number of ether oxygens (including phenoxy) is 4. The number of benzene rings is 4. The van der Waals surface area contributed by atoms with E-state index in [1.54, 1.807) is 56.7 Å². The molecular weight excluding hydrogens is 718 g/mol. The van der Waals surface area contributed by atoms with E-state index in [2.05, 4.69) is 10.2 Å². The Morgan fingerprint density at radius 2 is 1.58 bits per heavy atom. The number of halogens is 3. The van der Waals surface area contributed by atoms with Gasteiger partial charge in [0.2, 0.25) is 0 Å². The van der Waals surface area contributed by atoms with Gasteiger partial charge in [0.1, 0.15) is 24.1 Å². The average molecular weight is 764 g/mol. The zero-order valence-electron chi connectivity index (χ0n) is 30.2. The van der Waals surface area contributed by atoms with Gasteiger partial charge in [-0.3, -0.25) is 10.2 Å². The number of carbonyl (C=O) groups excluding carboxylic acids is 2. The molecule has 0 aliphatic carbocycles. The topological polar surface area (TPSA) is 86.3 Å². The number of nitrogens with zero attached hydrogens (tertiary/aromatic N) is 1. The van der Waals surface area contributed by atoms with E-state index in [1.165, 1.54) is 12.1 Å². The van der Waals surface area contributed by atoms with E-state index in [0.717, 1.165) is 56.4 Å². The summed E-state index contributed by atoms with van der Waals surface area (Å²) in [7, 11) is 3.09. The second-order valence-corrected chi connectivity index (χ2v) is 14.5. The summed E-state index contributed by atoms with van der Waals surface area (Å²) in [4.78, 5) is 29.9. The van der Waals surface area contributed by atoms with Crippen LogP contribution in [0.25, 0.3) is 0 Å². The highest BCUT2D eigenvalue weighted by molar-refractivity contribution is 6.36. The van der Waals surface area contributed by atoms with E-state index < -0.39 is 29.9 Å². The van der Waals surface area contributed by atoms with Crippen molar-refractivity contribution in [3.8, 4) is 11.5 Å². The van der Waals surface area contributed by atoms with Crippen molar-refractivity contribution in [3.05, 3.63) is 128 Å². The SMILES string of the molecule is CCc1cc(Cl)c(CC(OC(=O)c2cccc(CNC(C(=O)OC3CC4CCN(CC4)C3)c3ccc(F)cc3)c2)c2ccc(OC)c(OC)c2)c(Cl)c1. The van der Waals surface area contributed by atoms with Crippen LogP contribution in [0.3, 0.4) is 0 Å². The molecule has 3 saturated heterocycles. The highest BCUT2D eigenvalue weighted by atomic mass is 35.5. The zero-order chi connectivity index (χ0) is 37.5. The molecule has 0 saturated carbocycles. The van der Waals surface area contributed by atoms with Crippen molar-refractivity contribution < 1.29 is 32.9 Å². The number of nitrogens with one attached hydrogen (secondary N) is 1. The summed E-state index contributed by atoms with van der Waals surface area (Å²) < 4.78 is 37.2. The number of hydrogen-bond acceptors (Lipinski definition) is 8. The fourth-order valence-corrected chi connectivity index (χ4v) is 7.88. The van der Waals surface area contributed by atoms with Gasteiger partial charge in [-0.15, -0.1) is 0 Å². The molecule has 4 aromatic carbocycles. The van der Waals surface area contributed by atoms with E-state index in [0.29, 0.717) is 49.7 Å². The standard InChI is InChI=1S/C42H45Cl2FN2O6/c1-4-26-20-35(43)34(36(44)21-26)23-38(30-10-13-37(50-2)39(22-30)51-3)53-41(48)31-7-5-6-28(18-31)24-46-40(29-8-11-32(45)12-9-29)42(49)52-33-19-27-14-16-47(25-33)17-15-27/h5-13,18,20-22,27,33,38,40,46H,4,14-17,19,23-25H2,1-3H3. The van der Waals surface area contributed by atoms with Crippen LogP contribution in [-0.2, 0) is 33.7 Å². The number of methoxy groups -OCH3 is 2. The van der Waals surface area contributed by atoms with E-state index >= 15 is 0 Å². The largest absolute Gasteiger partial charge is 0.493 e. The fraction of sp³-hybridized carbons (Fsp3) is 0.381. The minimum absolute atomic E-state index is 0.201. The molecule has 4 aromatic rings. The van der Waals surface area contributed by atoms with Gasteiger partial charge in [0.05, 0.1) is 19.8 Å². The normalized spacial score (nSPS) is 19.2. The van der Waals surface area contributed by atoms with E-state index in [1.807, 2.05) is 31.2 Å². The minimum atomic E-state index is -0.842. The zero-order valence-corrected chi connectivity index (χ0v) is 31.7. The van der Waals surface area contributed by atoms with Gasteiger partial charge in [-0.2, -0.15) is 0 Å². The molecular formula is C42H45Cl2FN2O6. The van der Waals surface area contributed by atoms with Crippen LogP contribution < -0.4 is 14.8 Å². The Morgan fingerprint density at radius 1 is 0.887 bits per heavy atom. The van der Waals surface area contributed by atoms with Crippen molar-refractivity contribution in [1.29, 1.82) is 0 Å². The van der Waals surface area contributed by atoms with Crippen molar-refractivity contribution in [1.82, 2.24) is 10.2 Å². The highest BCUT2D eigenvalue weighted by Gasteiger charge is 2.33. The average Bonchev–Trinajstić information content (AvgIpc) is 3.48. The van der Waals surface area contributed by atoms with Gasteiger partial charge in [-0.1, -0.05) is 60.5 Å². The van der Waals surface area contributed by atoms with Crippen LogP contribution >= 0.6 is 23.2 Å². The minimum Gasteiger partial charge on any atom is -0.493 e.